The van der Waals surface area contributed by atoms with Crippen LogP contribution in [0.4, 0.5) is 0 Å². The Bertz CT molecular complexity index is 853. The van der Waals surface area contributed by atoms with E-state index in [9.17, 15) is 8.42 Å². The van der Waals surface area contributed by atoms with Gasteiger partial charge in [0.25, 0.3) is 0 Å². The van der Waals surface area contributed by atoms with Gasteiger partial charge in [0.2, 0.25) is 10.0 Å². The van der Waals surface area contributed by atoms with Crippen molar-refractivity contribution in [1.29, 1.82) is 0 Å². The predicted octanol–water partition coefficient (Wildman–Crippen LogP) is 1.70. The Kier molecular flexibility index (Phi) is 5.04. The van der Waals surface area contributed by atoms with Gasteiger partial charge in [-0.3, -0.25) is 4.68 Å². The molecule has 2 aromatic heterocycles. The molecule has 1 atom stereocenters. The number of ether oxygens (including phenoxy) is 1. The van der Waals surface area contributed by atoms with Gasteiger partial charge in [-0.05, 0) is 38.3 Å². The van der Waals surface area contributed by atoms with Gasteiger partial charge < -0.3 is 9.30 Å². The Morgan fingerprint density at radius 2 is 2.08 bits per heavy atom. The Morgan fingerprint density at radius 3 is 2.72 bits per heavy atom. The van der Waals surface area contributed by atoms with Gasteiger partial charge in [0.1, 0.15) is 4.90 Å². The molecule has 0 saturated carbocycles. The van der Waals surface area contributed by atoms with E-state index < -0.39 is 10.0 Å². The molecule has 3 heterocycles. The fourth-order valence-corrected chi connectivity index (χ4v) is 5.43. The van der Waals surface area contributed by atoms with Crippen LogP contribution in [0.15, 0.2) is 23.2 Å². The topological polar surface area (TPSA) is 69.4 Å². The minimum Gasteiger partial charge on any atom is -0.385 e. The Labute approximate surface area is 149 Å². The van der Waals surface area contributed by atoms with E-state index in [4.69, 9.17) is 4.74 Å². The number of hydrogen-bond acceptors (Lipinski definition) is 4. The van der Waals surface area contributed by atoms with Crippen molar-refractivity contribution in [2.45, 2.75) is 38.3 Å². The molecule has 8 heteroatoms. The van der Waals surface area contributed by atoms with Gasteiger partial charge in [-0.15, -0.1) is 0 Å². The summed E-state index contributed by atoms with van der Waals surface area (Å²) in [5.41, 5.74) is 2.24. The fourth-order valence-electron chi connectivity index (χ4n) is 3.55. The molecule has 3 rings (SSSR count). The monoisotopic (exact) mass is 366 g/mol. The molecular weight excluding hydrogens is 340 g/mol. The van der Waals surface area contributed by atoms with Gasteiger partial charge in [0.15, 0.2) is 0 Å². The van der Waals surface area contributed by atoms with Crippen LogP contribution in [0.3, 0.4) is 0 Å². The van der Waals surface area contributed by atoms with Gasteiger partial charge in [-0.25, -0.2) is 8.42 Å². The van der Waals surface area contributed by atoms with Gasteiger partial charge in [0, 0.05) is 45.7 Å². The molecule has 7 nitrogen and oxygen atoms in total. The molecule has 0 spiro atoms. The second-order valence-corrected chi connectivity index (χ2v) is 8.60. The van der Waals surface area contributed by atoms with Crippen LogP contribution < -0.4 is 0 Å². The number of hydrogen-bond donors (Lipinski definition) is 0. The summed E-state index contributed by atoms with van der Waals surface area (Å²) in [4.78, 5) is 0.334. The summed E-state index contributed by atoms with van der Waals surface area (Å²) in [6.07, 6.45) is 2.84. The second-order valence-electron chi connectivity index (χ2n) is 6.72. The molecule has 0 amide bonds. The minimum atomic E-state index is -3.61. The lowest BCUT2D eigenvalue weighted by molar-refractivity contribution is 0.167. The molecular formula is C17H26N4O3S. The summed E-state index contributed by atoms with van der Waals surface area (Å²) in [5, 5.41) is 4.28. The number of methoxy groups -OCH3 is 1. The van der Waals surface area contributed by atoms with Crippen molar-refractivity contribution < 1.29 is 13.2 Å². The van der Waals surface area contributed by atoms with E-state index in [0.717, 1.165) is 18.7 Å². The third-order valence-electron chi connectivity index (χ3n) is 4.95. The molecule has 1 aliphatic rings. The second kappa shape index (κ2) is 6.93. The summed E-state index contributed by atoms with van der Waals surface area (Å²) < 4.78 is 37.3. The first-order chi connectivity index (χ1) is 11.8. The number of aryl methyl sites for hydroxylation is 2. The number of nitrogens with zero attached hydrogens (tertiary/aromatic N) is 4. The zero-order valence-corrected chi connectivity index (χ0v) is 16.1. The third-order valence-corrected chi connectivity index (χ3v) is 7.01. The smallest absolute Gasteiger partial charge is 0.247 e. The average molecular weight is 366 g/mol. The maximum atomic E-state index is 13.4. The van der Waals surface area contributed by atoms with E-state index in [0.29, 0.717) is 36.0 Å². The van der Waals surface area contributed by atoms with E-state index in [1.807, 2.05) is 18.3 Å². The number of fused-ring (bicyclic) bond motifs is 1. The molecule has 0 aliphatic carbocycles. The predicted molar refractivity (Wildman–Crippen MR) is 94.7 cm³/mol. The zero-order valence-electron chi connectivity index (χ0n) is 15.3. The molecule has 138 valence electrons. The third kappa shape index (κ3) is 3.38. The number of sulfonamides is 1. The molecule has 0 unspecified atom stereocenters. The fraction of sp³-hybridized carbons (Fsp3) is 0.588. The Balaban J connectivity index is 1.99. The van der Waals surface area contributed by atoms with Crippen LogP contribution in [0.2, 0.25) is 0 Å². The Hall–Kier alpha value is -1.64. The number of rotatable bonds is 5. The highest BCUT2D eigenvalue weighted by atomic mass is 32.2. The molecule has 0 saturated heterocycles. The lowest BCUT2D eigenvalue weighted by atomic mass is 10.1. The highest BCUT2D eigenvalue weighted by Crippen LogP contribution is 2.28. The summed E-state index contributed by atoms with van der Waals surface area (Å²) in [7, 11) is -0.159. The molecule has 2 aromatic rings. The van der Waals surface area contributed by atoms with Gasteiger partial charge in [0.05, 0.1) is 17.9 Å². The van der Waals surface area contributed by atoms with E-state index in [1.165, 1.54) is 0 Å². The average Bonchev–Trinajstić information content (AvgIpc) is 3.02. The Morgan fingerprint density at radius 1 is 1.32 bits per heavy atom. The van der Waals surface area contributed by atoms with Gasteiger partial charge >= 0.3 is 0 Å². The van der Waals surface area contributed by atoms with Crippen molar-refractivity contribution >= 4 is 10.0 Å². The first kappa shape index (κ1) is 18.2. The molecule has 0 N–H and O–H groups in total. The summed E-state index contributed by atoms with van der Waals surface area (Å²) in [6, 6.07) is 3.96. The van der Waals surface area contributed by atoms with Crippen molar-refractivity contribution in [3.05, 3.63) is 35.4 Å². The summed E-state index contributed by atoms with van der Waals surface area (Å²) in [5.74, 6) is 0.209. The lowest BCUT2D eigenvalue weighted by Gasteiger charge is -2.23. The van der Waals surface area contributed by atoms with Crippen LogP contribution >= 0.6 is 0 Å². The molecule has 0 bridgehead atoms. The first-order valence-corrected chi connectivity index (χ1v) is 9.92. The van der Waals surface area contributed by atoms with Crippen molar-refractivity contribution in [3.63, 3.8) is 0 Å². The summed E-state index contributed by atoms with van der Waals surface area (Å²) >= 11 is 0. The number of aromatic nitrogens is 3. The van der Waals surface area contributed by atoms with Crippen LogP contribution in [0, 0.1) is 19.8 Å². The van der Waals surface area contributed by atoms with E-state index >= 15 is 0 Å². The van der Waals surface area contributed by atoms with Crippen LogP contribution in [-0.2, 0) is 34.9 Å². The maximum absolute atomic E-state index is 13.4. The largest absolute Gasteiger partial charge is 0.385 e. The normalized spacial score (nSPS) is 19.0. The van der Waals surface area contributed by atoms with Gasteiger partial charge in [-0.2, -0.15) is 9.40 Å². The SMILES string of the molecule is COCC[C@H]1CN(S(=O)(=O)c2c(C)nn(C)c2C)Cc2cccn2C1. The van der Waals surface area contributed by atoms with E-state index in [-0.39, 0.29) is 5.92 Å². The minimum absolute atomic E-state index is 0.209. The van der Waals surface area contributed by atoms with Crippen LogP contribution in [0.25, 0.3) is 0 Å². The van der Waals surface area contributed by atoms with Crippen molar-refractivity contribution in [2.75, 3.05) is 20.3 Å². The van der Waals surface area contributed by atoms with E-state index in [2.05, 4.69) is 9.67 Å². The standard InChI is InChI=1S/C17H26N4O3S/c1-13-17(14(2)19(3)18-13)25(22,23)21-11-15(7-9-24-4)10-20-8-5-6-16(20)12-21/h5-6,8,15H,7,9-12H2,1-4H3/t15-/m1/s1. The van der Waals surface area contributed by atoms with Crippen molar-refractivity contribution in [2.24, 2.45) is 13.0 Å². The van der Waals surface area contributed by atoms with Crippen molar-refractivity contribution in [3.8, 4) is 0 Å². The van der Waals surface area contributed by atoms with E-state index in [1.54, 1.807) is 37.0 Å². The maximum Gasteiger partial charge on any atom is 0.247 e. The van der Waals surface area contributed by atoms with Crippen LogP contribution in [-0.4, -0.2) is 47.3 Å². The van der Waals surface area contributed by atoms with Crippen LogP contribution in [0.5, 0.6) is 0 Å². The highest BCUT2D eigenvalue weighted by molar-refractivity contribution is 7.89. The van der Waals surface area contributed by atoms with Crippen LogP contribution in [0.1, 0.15) is 23.5 Å². The molecule has 0 aromatic carbocycles. The molecule has 1 aliphatic heterocycles. The highest BCUT2D eigenvalue weighted by Gasteiger charge is 2.34. The molecule has 0 radical (unpaired) electrons. The first-order valence-electron chi connectivity index (χ1n) is 8.48. The summed E-state index contributed by atoms with van der Waals surface area (Å²) in [6.45, 7) is 5.86. The molecule has 25 heavy (non-hydrogen) atoms. The quantitative estimate of drug-likeness (QED) is 0.808. The lowest BCUT2D eigenvalue weighted by Crippen LogP contribution is -2.34. The van der Waals surface area contributed by atoms with Gasteiger partial charge in [-0.1, -0.05) is 0 Å². The van der Waals surface area contributed by atoms with Crippen molar-refractivity contribution in [1.82, 2.24) is 18.7 Å². The zero-order chi connectivity index (χ0) is 18.2. The molecule has 0 fully saturated rings.